The van der Waals surface area contributed by atoms with Gasteiger partial charge in [-0.05, 0) is 43.5 Å². The van der Waals surface area contributed by atoms with Crippen LogP contribution in [0.4, 0.5) is 0 Å². The lowest BCUT2D eigenvalue weighted by Crippen LogP contribution is -2.28. The predicted octanol–water partition coefficient (Wildman–Crippen LogP) is 1.03. The minimum Gasteiger partial charge on any atom is -0.392 e. The second-order valence-electron chi connectivity index (χ2n) is 5.97. The lowest BCUT2D eigenvalue weighted by molar-refractivity contribution is -0.121. The van der Waals surface area contributed by atoms with E-state index in [0.717, 1.165) is 49.4 Å². The van der Waals surface area contributed by atoms with Gasteiger partial charge in [-0.25, -0.2) is 0 Å². The minimum absolute atomic E-state index is 0.450. The van der Waals surface area contributed by atoms with E-state index in [1.807, 2.05) is 19.1 Å². The molecule has 0 aromatic heterocycles. The molecular weight excluding hydrogens is 280 g/mol. The van der Waals surface area contributed by atoms with Crippen LogP contribution in [0.3, 0.4) is 0 Å². The van der Waals surface area contributed by atoms with Crippen molar-refractivity contribution in [2.24, 2.45) is 5.73 Å². The second kappa shape index (κ2) is 7.72. The maximum absolute atomic E-state index is 11.5. The molecule has 0 spiro atoms. The van der Waals surface area contributed by atoms with E-state index in [1.54, 1.807) is 0 Å². The van der Waals surface area contributed by atoms with Gasteiger partial charge in [0.15, 0.2) is 0 Å². The lowest BCUT2D eigenvalue weighted by Gasteiger charge is -2.18. The SMILES string of the molecule is CCOCCCN(C)Cc1ccc2c(c1)[C@@H](C(N)=O)[C@H](O)C2. The maximum atomic E-state index is 11.5. The second-order valence-corrected chi connectivity index (χ2v) is 5.97. The van der Waals surface area contributed by atoms with Crippen molar-refractivity contribution in [2.45, 2.75) is 38.3 Å². The zero-order valence-corrected chi connectivity index (χ0v) is 13.4. The highest BCUT2D eigenvalue weighted by molar-refractivity contribution is 5.84. The summed E-state index contributed by atoms with van der Waals surface area (Å²) in [6.07, 6.45) is 0.817. The van der Waals surface area contributed by atoms with Crippen LogP contribution >= 0.6 is 0 Å². The number of aliphatic hydroxyl groups is 1. The summed E-state index contributed by atoms with van der Waals surface area (Å²) in [5.74, 6) is -1.02. The van der Waals surface area contributed by atoms with Crippen LogP contribution in [0.2, 0.25) is 0 Å². The van der Waals surface area contributed by atoms with Gasteiger partial charge in [0.2, 0.25) is 5.91 Å². The highest BCUT2D eigenvalue weighted by Gasteiger charge is 2.35. The van der Waals surface area contributed by atoms with E-state index in [-0.39, 0.29) is 0 Å². The Labute approximate surface area is 132 Å². The van der Waals surface area contributed by atoms with Gasteiger partial charge in [0.25, 0.3) is 0 Å². The van der Waals surface area contributed by atoms with Crippen LogP contribution in [0.25, 0.3) is 0 Å². The summed E-state index contributed by atoms with van der Waals surface area (Å²) in [7, 11) is 2.07. The Hall–Kier alpha value is -1.43. The van der Waals surface area contributed by atoms with E-state index in [4.69, 9.17) is 10.5 Å². The average Bonchev–Trinajstić information content (AvgIpc) is 2.79. The fraction of sp³-hybridized carbons (Fsp3) is 0.588. The fourth-order valence-electron chi connectivity index (χ4n) is 3.08. The number of ether oxygens (including phenoxy) is 1. The number of benzene rings is 1. The zero-order valence-electron chi connectivity index (χ0n) is 13.4. The molecule has 0 radical (unpaired) electrons. The molecule has 3 N–H and O–H groups in total. The highest BCUT2D eigenvalue weighted by atomic mass is 16.5. The monoisotopic (exact) mass is 306 g/mol. The van der Waals surface area contributed by atoms with Gasteiger partial charge in [0.05, 0.1) is 12.0 Å². The number of amides is 1. The molecule has 0 unspecified atom stereocenters. The summed E-state index contributed by atoms with van der Waals surface area (Å²) in [6.45, 7) is 5.30. The third-order valence-electron chi connectivity index (χ3n) is 4.15. The van der Waals surface area contributed by atoms with E-state index >= 15 is 0 Å². The van der Waals surface area contributed by atoms with Crippen LogP contribution < -0.4 is 5.73 Å². The van der Waals surface area contributed by atoms with Gasteiger partial charge in [-0.15, -0.1) is 0 Å². The molecule has 0 saturated carbocycles. The largest absolute Gasteiger partial charge is 0.392 e. The number of hydrogen-bond acceptors (Lipinski definition) is 4. The van der Waals surface area contributed by atoms with Crippen molar-refractivity contribution in [1.29, 1.82) is 0 Å². The van der Waals surface area contributed by atoms with E-state index < -0.39 is 17.9 Å². The molecule has 2 atom stereocenters. The number of carbonyl (C=O) groups excluding carboxylic acids is 1. The van der Waals surface area contributed by atoms with Gasteiger partial charge >= 0.3 is 0 Å². The van der Waals surface area contributed by atoms with Crippen molar-refractivity contribution in [3.8, 4) is 0 Å². The van der Waals surface area contributed by atoms with Crippen LogP contribution in [0.5, 0.6) is 0 Å². The molecule has 5 nitrogen and oxygen atoms in total. The number of nitrogens with two attached hydrogens (primary N) is 1. The summed E-state index contributed by atoms with van der Waals surface area (Å²) in [6, 6.07) is 6.08. The van der Waals surface area contributed by atoms with E-state index in [9.17, 15) is 9.90 Å². The number of rotatable bonds is 8. The normalized spacial score (nSPS) is 20.4. The van der Waals surface area contributed by atoms with Gasteiger partial charge < -0.3 is 20.5 Å². The summed E-state index contributed by atoms with van der Waals surface area (Å²) < 4.78 is 5.34. The topological polar surface area (TPSA) is 75.8 Å². The summed E-state index contributed by atoms with van der Waals surface area (Å²) in [5.41, 5.74) is 8.48. The van der Waals surface area contributed by atoms with E-state index in [1.165, 1.54) is 0 Å². The van der Waals surface area contributed by atoms with Gasteiger partial charge in [-0.1, -0.05) is 18.2 Å². The molecular formula is C17H26N2O3. The van der Waals surface area contributed by atoms with Crippen molar-refractivity contribution < 1.29 is 14.6 Å². The number of aliphatic hydroxyl groups excluding tert-OH is 1. The third kappa shape index (κ3) is 4.06. The Morgan fingerprint density at radius 2 is 2.27 bits per heavy atom. The zero-order chi connectivity index (χ0) is 16.1. The molecule has 1 aliphatic carbocycles. The van der Waals surface area contributed by atoms with Crippen molar-refractivity contribution in [2.75, 3.05) is 26.8 Å². The number of primary amides is 1. The molecule has 1 aliphatic rings. The third-order valence-corrected chi connectivity index (χ3v) is 4.15. The van der Waals surface area contributed by atoms with Gasteiger partial charge in [0.1, 0.15) is 0 Å². The summed E-state index contributed by atoms with van der Waals surface area (Å²) in [4.78, 5) is 13.8. The molecule has 0 saturated heterocycles. The minimum atomic E-state index is -0.688. The van der Waals surface area contributed by atoms with Crippen LogP contribution in [0.1, 0.15) is 36.0 Å². The molecule has 0 heterocycles. The number of fused-ring (bicyclic) bond motifs is 1. The Kier molecular flexibility index (Phi) is 5.94. The van der Waals surface area contributed by atoms with Crippen molar-refractivity contribution in [3.05, 3.63) is 34.9 Å². The van der Waals surface area contributed by atoms with Gasteiger partial charge in [-0.3, -0.25) is 4.79 Å². The smallest absolute Gasteiger partial charge is 0.227 e. The predicted molar refractivity (Wildman–Crippen MR) is 85.5 cm³/mol. The molecule has 1 amide bonds. The standard InChI is InChI=1S/C17H26N2O3/c1-3-22-8-4-7-19(2)11-12-5-6-13-10-15(20)16(17(18)21)14(13)9-12/h5-6,9,15-16,20H,3-4,7-8,10-11H2,1-2H3,(H2,18,21)/t15-,16-/m1/s1. The Bertz CT molecular complexity index is 519. The van der Waals surface area contributed by atoms with Gasteiger partial charge in [-0.2, -0.15) is 0 Å². The van der Waals surface area contributed by atoms with Crippen LogP contribution in [-0.4, -0.2) is 48.8 Å². The quantitative estimate of drug-likeness (QED) is 0.703. The van der Waals surface area contributed by atoms with Crippen LogP contribution in [0, 0.1) is 0 Å². The molecule has 122 valence electrons. The first-order valence-corrected chi connectivity index (χ1v) is 7.88. The first kappa shape index (κ1) is 16.9. The molecule has 0 aliphatic heterocycles. The molecule has 2 rings (SSSR count). The molecule has 1 aromatic carbocycles. The summed E-state index contributed by atoms with van der Waals surface area (Å²) >= 11 is 0. The molecule has 0 fully saturated rings. The average molecular weight is 306 g/mol. The summed E-state index contributed by atoms with van der Waals surface area (Å²) in [5, 5.41) is 10.00. The Morgan fingerprint density at radius 1 is 1.50 bits per heavy atom. The molecule has 5 heteroatoms. The fourth-order valence-corrected chi connectivity index (χ4v) is 3.08. The first-order valence-electron chi connectivity index (χ1n) is 7.88. The van der Waals surface area contributed by atoms with E-state index in [0.29, 0.717) is 6.42 Å². The van der Waals surface area contributed by atoms with E-state index in [2.05, 4.69) is 18.0 Å². The molecule has 22 heavy (non-hydrogen) atoms. The highest BCUT2D eigenvalue weighted by Crippen LogP contribution is 2.34. The van der Waals surface area contributed by atoms with Crippen molar-refractivity contribution in [3.63, 3.8) is 0 Å². The van der Waals surface area contributed by atoms with Gasteiger partial charge in [0, 0.05) is 26.3 Å². The van der Waals surface area contributed by atoms with Crippen molar-refractivity contribution >= 4 is 5.91 Å². The number of hydrogen-bond donors (Lipinski definition) is 2. The molecule has 1 aromatic rings. The Balaban J connectivity index is 1.98. The maximum Gasteiger partial charge on any atom is 0.227 e. The lowest BCUT2D eigenvalue weighted by atomic mass is 9.97. The Morgan fingerprint density at radius 3 is 2.95 bits per heavy atom. The first-order chi connectivity index (χ1) is 10.5. The molecule has 0 bridgehead atoms. The number of nitrogens with zero attached hydrogens (tertiary/aromatic N) is 1. The number of carbonyl (C=O) groups is 1. The van der Waals surface area contributed by atoms with Crippen LogP contribution in [-0.2, 0) is 22.5 Å². The van der Waals surface area contributed by atoms with Crippen molar-refractivity contribution in [1.82, 2.24) is 4.90 Å². The van der Waals surface area contributed by atoms with Crippen LogP contribution in [0.15, 0.2) is 18.2 Å².